The SMILES string of the molecule is CC(=NNC(=S)NC(C)C)c1ccc(Cl)cc1Cl. The van der Waals surface area contributed by atoms with Crippen molar-refractivity contribution in [3.05, 3.63) is 33.8 Å². The van der Waals surface area contributed by atoms with Crippen molar-refractivity contribution >= 4 is 46.2 Å². The van der Waals surface area contributed by atoms with Crippen LogP contribution in [0.15, 0.2) is 23.3 Å². The van der Waals surface area contributed by atoms with Crippen LogP contribution < -0.4 is 10.7 Å². The van der Waals surface area contributed by atoms with Crippen LogP contribution in [0.2, 0.25) is 10.0 Å². The van der Waals surface area contributed by atoms with E-state index in [0.717, 1.165) is 11.3 Å². The van der Waals surface area contributed by atoms with Gasteiger partial charge in [0, 0.05) is 16.6 Å². The Morgan fingerprint density at radius 2 is 2.00 bits per heavy atom. The molecule has 0 aliphatic rings. The van der Waals surface area contributed by atoms with Crippen LogP contribution >= 0.6 is 35.4 Å². The second-order valence-electron chi connectivity index (χ2n) is 4.06. The lowest BCUT2D eigenvalue weighted by Gasteiger charge is -2.11. The average molecular weight is 304 g/mol. The second kappa shape index (κ2) is 6.92. The Hall–Kier alpha value is -0.840. The lowest BCUT2D eigenvalue weighted by Crippen LogP contribution is -2.37. The van der Waals surface area contributed by atoms with Gasteiger partial charge in [-0.1, -0.05) is 29.3 Å². The van der Waals surface area contributed by atoms with Crippen molar-refractivity contribution in [3.63, 3.8) is 0 Å². The van der Waals surface area contributed by atoms with Crippen LogP contribution in [0.4, 0.5) is 0 Å². The van der Waals surface area contributed by atoms with Gasteiger partial charge >= 0.3 is 0 Å². The summed E-state index contributed by atoms with van der Waals surface area (Å²) < 4.78 is 0. The van der Waals surface area contributed by atoms with E-state index in [-0.39, 0.29) is 6.04 Å². The Bertz CT molecular complexity index is 472. The molecule has 0 radical (unpaired) electrons. The predicted octanol–water partition coefficient (Wildman–Crippen LogP) is 3.59. The van der Waals surface area contributed by atoms with Gasteiger partial charge in [-0.25, -0.2) is 0 Å². The summed E-state index contributed by atoms with van der Waals surface area (Å²) in [5.74, 6) is 0. The first-order valence-electron chi connectivity index (χ1n) is 5.46. The molecule has 3 nitrogen and oxygen atoms in total. The van der Waals surface area contributed by atoms with E-state index in [2.05, 4.69) is 15.8 Å². The molecule has 98 valence electrons. The lowest BCUT2D eigenvalue weighted by atomic mass is 10.1. The first-order chi connectivity index (χ1) is 8.40. The summed E-state index contributed by atoms with van der Waals surface area (Å²) >= 11 is 17.0. The van der Waals surface area contributed by atoms with E-state index in [4.69, 9.17) is 35.4 Å². The third-order valence-electron chi connectivity index (χ3n) is 2.07. The fourth-order valence-electron chi connectivity index (χ4n) is 1.27. The van der Waals surface area contributed by atoms with Crippen LogP contribution in [0.25, 0.3) is 0 Å². The fourth-order valence-corrected chi connectivity index (χ4v) is 2.10. The minimum Gasteiger partial charge on any atom is -0.359 e. The predicted molar refractivity (Wildman–Crippen MR) is 82.7 cm³/mol. The molecule has 1 aromatic carbocycles. The third kappa shape index (κ3) is 4.80. The molecule has 0 spiro atoms. The van der Waals surface area contributed by atoms with Gasteiger partial charge in [0.15, 0.2) is 5.11 Å². The molecule has 1 aromatic rings. The van der Waals surface area contributed by atoms with Crippen LogP contribution in [0.5, 0.6) is 0 Å². The summed E-state index contributed by atoms with van der Waals surface area (Å²) in [4.78, 5) is 0. The highest BCUT2D eigenvalue weighted by Crippen LogP contribution is 2.21. The summed E-state index contributed by atoms with van der Waals surface area (Å²) in [7, 11) is 0. The Balaban J connectivity index is 2.74. The molecule has 18 heavy (non-hydrogen) atoms. The van der Waals surface area contributed by atoms with E-state index in [1.807, 2.05) is 26.8 Å². The Morgan fingerprint density at radius 3 is 2.56 bits per heavy atom. The van der Waals surface area contributed by atoms with E-state index >= 15 is 0 Å². The summed E-state index contributed by atoms with van der Waals surface area (Å²) in [6, 6.07) is 5.54. The summed E-state index contributed by atoms with van der Waals surface area (Å²) in [5, 5.41) is 8.85. The number of hydrazone groups is 1. The van der Waals surface area contributed by atoms with Crippen molar-refractivity contribution in [3.8, 4) is 0 Å². The van der Waals surface area contributed by atoms with Gasteiger partial charge in [0.25, 0.3) is 0 Å². The molecule has 0 saturated heterocycles. The average Bonchev–Trinajstić information content (AvgIpc) is 2.25. The maximum Gasteiger partial charge on any atom is 0.187 e. The highest BCUT2D eigenvalue weighted by atomic mass is 35.5. The standard InChI is InChI=1S/C12H15Cl2N3S/c1-7(2)15-12(18)17-16-8(3)10-5-4-9(13)6-11(10)14/h4-7H,1-3H3,(H2,15,17,18). The Kier molecular flexibility index (Phi) is 5.85. The van der Waals surface area contributed by atoms with Gasteiger partial charge in [-0.3, -0.25) is 5.43 Å². The zero-order valence-corrected chi connectivity index (χ0v) is 12.7. The number of nitrogens with zero attached hydrogens (tertiary/aromatic N) is 1. The highest BCUT2D eigenvalue weighted by molar-refractivity contribution is 7.80. The van der Waals surface area contributed by atoms with Gasteiger partial charge in [0.2, 0.25) is 0 Å². The smallest absolute Gasteiger partial charge is 0.187 e. The fraction of sp³-hybridized carbons (Fsp3) is 0.333. The number of hydrogen-bond acceptors (Lipinski definition) is 2. The molecule has 6 heteroatoms. The lowest BCUT2D eigenvalue weighted by molar-refractivity contribution is 0.719. The van der Waals surface area contributed by atoms with Crippen LogP contribution in [-0.2, 0) is 0 Å². The molecular formula is C12H15Cl2N3S. The van der Waals surface area contributed by atoms with E-state index in [1.54, 1.807) is 12.1 Å². The summed E-state index contributed by atoms with van der Waals surface area (Å²) in [6.45, 7) is 5.85. The quantitative estimate of drug-likeness (QED) is 0.509. The molecule has 0 aliphatic heterocycles. The van der Waals surface area contributed by atoms with Gasteiger partial charge in [-0.2, -0.15) is 5.10 Å². The molecule has 0 saturated carbocycles. The van der Waals surface area contributed by atoms with Crippen LogP contribution in [0.1, 0.15) is 26.3 Å². The summed E-state index contributed by atoms with van der Waals surface area (Å²) in [5.41, 5.74) is 4.33. The number of nitrogens with one attached hydrogen (secondary N) is 2. The number of hydrogen-bond donors (Lipinski definition) is 2. The number of benzene rings is 1. The topological polar surface area (TPSA) is 36.4 Å². The number of thiocarbonyl (C=S) groups is 1. The van der Waals surface area contributed by atoms with Gasteiger partial charge in [0.05, 0.1) is 10.7 Å². The third-order valence-corrected chi connectivity index (χ3v) is 2.82. The van der Waals surface area contributed by atoms with Crippen molar-refractivity contribution < 1.29 is 0 Å². The molecule has 0 fully saturated rings. The minimum atomic E-state index is 0.264. The monoisotopic (exact) mass is 303 g/mol. The minimum absolute atomic E-state index is 0.264. The van der Waals surface area contributed by atoms with Crippen LogP contribution in [-0.4, -0.2) is 16.9 Å². The first-order valence-corrected chi connectivity index (χ1v) is 6.62. The normalized spacial score (nSPS) is 11.6. The van der Waals surface area contributed by atoms with Crippen LogP contribution in [0.3, 0.4) is 0 Å². The molecular weight excluding hydrogens is 289 g/mol. The molecule has 0 aromatic heterocycles. The van der Waals surface area contributed by atoms with Crippen molar-refractivity contribution in [2.45, 2.75) is 26.8 Å². The molecule has 0 aliphatic carbocycles. The molecule has 2 N–H and O–H groups in total. The van der Waals surface area contributed by atoms with Crippen molar-refractivity contribution in [2.24, 2.45) is 5.10 Å². The number of rotatable bonds is 3. The maximum atomic E-state index is 6.08. The molecule has 0 atom stereocenters. The largest absolute Gasteiger partial charge is 0.359 e. The van der Waals surface area contributed by atoms with E-state index in [9.17, 15) is 0 Å². The first kappa shape index (κ1) is 15.2. The van der Waals surface area contributed by atoms with E-state index in [1.165, 1.54) is 0 Å². The zero-order chi connectivity index (χ0) is 13.7. The highest BCUT2D eigenvalue weighted by Gasteiger charge is 2.05. The molecule has 0 bridgehead atoms. The molecule has 0 amide bonds. The van der Waals surface area contributed by atoms with E-state index < -0.39 is 0 Å². The second-order valence-corrected chi connectivity index (χ2v) is 5.31. The van der Waals surface area contributed by atoms with Gasteiger partial charge in [0.1, 0.15) is 0 Å². The van der Waals surface area contributed by atoms with Gasteiger partial charge in [-0.15, -0.1) is 0 Å². The van der Waals surface area contributed by atoms with Crippen molar-refractivity contribution in [1.82, 2.24) is 10.7 Å². The summed E-state index contributed by atoms with van der Waals surface area (Å²) in [6.07, 6.45) is 0. The van der Waals surface area contributed by atoms with Crippen LogP contribution in [0, 0.1) is 0 Å². The van der Waals surface area contributed by atoms with Gasteiger partial charge in [-0.05, 0) is 45.1 Å². The number of halogens is 2. The van der Waals surface area contributed by atoms with E-state index in [0.29, 0.717) is 15.2 Å². The molecule has 1 rings (SSSR count). The zero-order valence-electron chi connectivity index (χ0n) is 10.4. The van der Waals surface area contributed by atoms with Crippen molar-refractivity contribution in [2.75, 3.05) is 0 Å². The Morgan fingerprint density at radius 1 is 1.33 bits per heavy atom. The maximum absolute atomic E-state index is 6.08. The molecule has 0 unspecified atom stereocenters. The Labute approximate surface area is 123 Å². The molecule has 0 heterocycles. The van der Waals surface area contributed by atoms with Crippen molar-refractivity contribution in [1.29, 1.82) is 0 Å². The van der Waals surface area contributed by atoms with Gasteiger partial charge < -0.3 is 5.32 Å².